The Bertz CT molecular complexity index is 3920. The minimum absolute atomic E-state index is 0.0345. The fraction of sp³-hybridized carbons (Fsp3) is 0.585. The zero-order chi connectivity index (χ0) is 64.1. The van der Waals surface area contributed by atoms with E-state index in [1.54, 1.807) is 29.2 Å². The molecule has 1 aromatic carbocycles. The quantitative estimate of drug-likeness (QED) is 0.102. The smallest absolute Gasteiger partial charge is 0.381 e. The molecule has 2 saturated carbocycles. The van der Waals surface area contributed by atoms with Gasteiger partial charge < -0.3 is 33.5 Å². The molecule has 7 aromatic rings. The molecule has 6 aromatic heterocycles. The number of aliphatic imine (C=N–C) groups is 2. The van der Waals surface area contributed by atoms with E-state index in [1.807, 2.05) is 20.1 Å². The highest BCUT2D eigenvalue weighted by Crippen LogP contribution is 2.39. The number of Topliss-reactive ketones (excluding diaryl/α,β-unsaturated/α-hetero) is 2. The van der Waals surface area contributed by atoms with E-state index in [0.29, 0.717) is 95.5 Å². The second-order valence-corrected chi connectivity index (χ2v) is 25.3. The van der Waals surface area contributed by atoms with Crippen LogP contribution in [-0.2, 0) is 44.4 Å². The number of benzene rings is 1. The summed E-state index contributed by atoms with van der Waals surface area (Å²) in [5, 5.41) is 14.0. The Morgan fingerprint density at radius 1 is 0.565 bits per heavy atom. The third kappa shape index (κ3) is 15.3. The highest BCUT2D eigenvalue weighted by molar-refractivity contribution is 6.16. The lowest BCUT2D eigenvalue weighted by molar-refractivity contribution is -0.175. The summed E-state index contributed by atoms with van der Waals surface area (Å²) in [4.78, 5) is 72.9. The van der Waals surface area contributed by atoms with E-state index in [-0.39, 0.29) is 60.7 Å². The summed E-state index contributed by atoms with van der Waals surface area (Å²) in [5.74, 6) is 2.35. The molecule has 92 heavy (non-hydrogen) atoms. The van der Waals surface area contributed by atoms with Crippen LogP contribution in [0.5, 0.6) is 0 Å². The van der Waals surface area contributed by atoms with Gasteiger partial charge >= 0.3 is 12.4 Å². The number of hydrogen-bond acceptors (Lipinski definition) is 15. The first-order valence-corrected chi connectivity index (χ1v) is 32.4. The van der Waals surface area contributed by atoms with Crippen molar-refractivity contribution in [1.82, 2.24) is 53.8 Å². The van der Waals surface area contributed by atoms with Crippen molar-refractivity contribution < 1.29 is 54.9 Å². The van der Waals surface area contributed by atoms with Crippen LogP contribution in [-0.4, -0.2) is 136 Å². The molecule has 0 radical (unpaired) electrons. The number of aromatic amines is 2. The van der Waals surface area contributed by atoms with Crippen LogP contribution in [0.3, 0.4) is 0 Å². The van der Waals surface area contributed by atoms with E-state index >= 15 is 0 Å². The summed E-state index contributed by atoms with van der Waals surface area (Å²) in [6.45, 7) is 7.05. The van der Waals surface area contributed by atoms with Gasteiger partial charge in [0, 0.05) is 102 Å². The van der Waals surface area contributed by atoms with Gasteiger partial charge in [-0.25, -0.2) is 34.0 Å². The molecule has 4 saturated heterocycles. The van der Waals surface area contributed by atoms with Gasteiger partial charge in [0.15, 0.2) is 28.7 Å². The van der Waals surface area contributed by atoms with Gasteiger partial charge in [-0.05, 0) is 107 Å². The number of nitrogens with zero attached hydrogens (tertiary/aromatic N) is 11. The molecule has 0 amide bonds. The van der Waals surface area contributed by atoms with Gasteiger partial charge in [0.25, 0.3) is 11.1 Å². The number of halogens is 6. The SMILES string of the molecule is CCC(Cc1nc2c(cnn2C2CCOCC2)c(=O)[nH]1)C(F)(F)F.O=C1CC(CC2CCC2)=Nc2c1cnn2C1CCOCC1.O=C1CC(Cc2cccc(C(F)(F)F)c2)=Nc2c1ccn2C1CCOCC1.O=c1[nH]c(CC2CC2)nc2c1cnn2C1CCOCC1. The third-order valence-corrected chi connectivity index (χ3v) is 18.7. The maximum absolute atomic E-state index is 13.0. The minimum Gasteiger partial charge on any atom is -0.381 e. The number of ketones is 2. The first kappa shape index (κ1) is 64.6. The van der Waals surface area contributed by atoms with Crippen LogP contribution in [0.2, 0.25) is 0 Å². The molecule has 27 heteroatoms. The van der Waals surface area contributed by atoms with E-state index in [2.05, 4.69) is 40.2 Å². The molecule has 2 N–H and O–H groups in total. The lowest BCUT2D eigenvalue weighted by Gasteiger charge is -2.27. The third-order valence-electron chi connectivity index (χ3n) is 18.7. The van der Waals surface area contributed by atoms with Crippen LogP contribution in [0, 0.1) is 17.8 Å². The molecule has 12 heterocycles. The average Bonchev–Trinajstić information content (AvgIpc) is 1.66. The molecule has 0 bridgehead atoms. The Kier molecular flexibility index (Phi) is 19.9. The molecular weight excluding hydrogens is 1200 g/mol. The Morgan fingerprint density at radius 3 is 1.62 bits per heavy atom. The summed E-state index contributed by atoms with van der Waals surface area (Å²) in [6.07, 6.45) is 13.6. The van der Waals surface area contributed by atoms with E-state index in [1.165, 1.54) is 51.3 Å². The average molecular weight is 1280 g/mol. The molecule has 492 valence electrons. The predicted molar refractivity (Wildman–Crippen MR) is 328 cm³/mol. The molecule has 8 aliphatic rings. The van der Waals surface area contributed by atoms with Crippen molar-refractivity contribution in [3.63, 3.8) is 0 Å². The number of nitrogens with one attached hydrogen (secondary N) is 2. The van der Waals surface area contributed by atoms with Crippen molar-refractivity contribution in [3.05, 3.63) is 110 Å². The van der Waals surface area contributed by atoms with Gasteiger partial charge in [-0.1, -0.05) is 44.4 Å². The number of ether oxygens (including phenoxy) is 4. The van der Waals surface area contributed by atoms with Crippen molar-refractivity contribution in [1.29, 1.82) is 0 Å². The second-order valence-electron chi connectivity index (χ2n) is 25.3. The lowest BCUT2D eigenvalue weighted by Crippen LogP contribution is -2.26. The molecule has 1 unspecified atom stereocenters. The van der Waals surface area contributed by atoms with Gasteiger partial charge in [0.2, 0.25) is 0 Å². The molecule has 0 spiro atoms. The number of aromatic nitrogens is 11. The number of carbonyl (C=O) groups is 2. The summed E-state index contributed by atoms with van der Waals surface area (Å²) in [5.41, 5.74) is 3.33. The van der Waals surface area contributed by atoms with Crippen molar-refractivity contribution in [3.8, 4) is 0 Å². The van der Waals surface area contributed by atoms with Crippen LogP contribution in [0.25, 0.3) is 22.1 Å². The lowest BCUT2D eigenvalue weighted by atomic mass is 9.80. The van der Waals surface area contributed by atoms with Gasteiger partial charge in [0.05, 0.1) is 65.7 Å². The van der Waals surface area contributed by atoms with Gasteiger partial charge in [0.1, 0.15) is 28.2 Å². The van der Waals surface area contributed by atoms with E-state index in [0.717, 1.165) is 132 Å². The molecule has 6 fully saturated rings. The van der Waals surface area contributed by atoms with Gasteiger partial charge in [-0.15, -0.1) is 0 Å². The van der Waals surface area contributed by atoms with E-state index in [4.69, 9.17) is 23.9 Å². The summed E-state index contributed by atoms with van der Waals surface area (Å²) >= 11 is 0. The predicted octanol–water partition coefficient (Wildman–Crippen LogP) is 11.9. The monoisotopic (exact) mass is 1280 g/mol. The number of alkyl halides is 6. The number of rotatable bonds is 13. The van der Waals surface area contributed by atoms with Crippen LogP contribution in [0.1, 0.15) is 184 Å². The van der Waals surface area contributed by atoms with Crippen LogP contribution < -0.4 is 11.1 Å². The molecular formula is C65H77F6N13O8. The standard InChI is InChI=1S/C20H19F3N2O2.C16H21N3O2.C15H19F3N4O2.C14H18N4O2/c21-20(22,23)14-3-1-2-13(10-14)11-15-12-18(26)17-4-7-25(19(17)24-15)16-5-8-27-9-6-16;20-15-9-12(8-11-2-1-3-11)18-16-14(15)10-17-19(16)13-4-6-21-7-5-13;1-2-9(15(16,17)18)7-12-20-13-11(14(23)21-12)8-19-22(13)10-3-5-24-6-4-10;19-14-11-8-15-18(10-3-5-20-6-4-10)13(11)16-12(17-14)7-9-1-2-9/h1-4,7,10,16H,5-6,8-9,11-12H2;10-11,13H,1-9H2;8-10H,2-7H2,1H3,(H,20,21,23);8-10H,1-7H2,(H,16,17,19). The fourth-order valence-corrected chi connectivity index (χ4v) is 13.0. The fourth-order valence-electron chi connectivity index (χ4n) is 13.0. The number of fused-ring (bicyclic) bond motifs is 4. The van der Waals surface area contributed by atoms with Crippen LogP contribution in [0.15, 0.2) is 74.7 Å². The van der Waals surface area contributed by atoms with Crippen molar-refractivity contribution in [2.45, 2.75) is 172 Å². The number of carbonyl (C=O) groups excluding carboxylic acids is 2. The topological polar surface area (TPSA) is 246 Å². The molecule has 2 aliphatic carbocycles. The Labute approximate surface area is 525 Å². The minimum atomic E-state index is -4.38. The summed E-state index contributed by atoms with van der Waals surface area (Å²) in [6, 6.07) is 7.87. The first-order valence-electron chi connectivity index (χ1n) is 32.4. The number of hydrogen-bond donors (Lipinski definition) is 2. The highest BCUT2D eigenvalue weighted by atomic mass is 19.4. The van der Waals surface area contributed by atoms with Crippen molar-refractivity contribution >= 4 is 56.7 Å². The van der Waals surface area contributed by atoms with Gasteiger partial charge in [-0.3, -0.25) is 19.2 Å². The maximum Gasteiger partial charge on any atom is 0.416 e. The van der Waals surface area contributed by atoms with Gasteiger partial charge in [-0.2, -0.15) is 41.6 Å². The van der Waals surface area contributed by atoms with Crippen LogP contribution in [0.4, 0.5) is 38.0 Å². The maximum atomic E-state index is 13.0. The second kappa shape index (κ2) is 28.4. The van der Waals surface area contributed by atoms with Crippen LogP contribution >= 0.6 is 0 Å². The van der Waals surface area contributed by atoms with E-state index < -0.39 is 29.4 Å². The summed E-state index contributed by atoms with van der Waals surface area (Å²) in [7, 11) is 0. The Balaban J connectivity index is 0.000000119. The highest BCUT2D eigenvalue weighted by Gasteiger charge is 2.39. The molecule has 1 atom stereocenters. The Morgan fingerprint density at radius 2 is 1.08 bits per heavy atom. The normalized spacial score (nSPS) is 20.0. The van der Waals surface area contributed by atoms with Crippen molar-refractivity contribution in [2.24, 2.45) is 27.7 Å². The first-order chi connectivity index (χ1) is 44.4. The Hall–Kier alpha value is -7.49. The zero-order valence-electron chi connectivity index (χ0n) is 51.5. The molecule has 21 nitrogen and oxygen atoms in total. The molecule has 15 rings (SSSR count). The van der Waals surface area contributed by atoms with Crippen molar-refractivity contribution in [2.75, 3.05) is 52.9 Å². The molecule has 6 aliphatic heterocycles. The summed E-state index contributed by atoms with van der Waals surface area (Å²) < 4.78 is 107. The van der Waals surface area contributed by atoms with E-state index in [9.17, 15) is 45.5 Å². The zero-order valence-corrected chi connectivity index (χ0v) is 51.5. The number of H-pyrrole nitrogens is 2. The largest absolute Gasteiger partial charge is 0.416 e.